The Labute approximate surface area is 174 Å². The van der Waals surface area contributed by atoms with Crippen LogP contribution >= 0.6 is 0 Å². The molecule has 6 heteroatoms. The lowest BCUT2D eigenvalue weighted by molar-refractivity contribution is -0.119. The van der Waals surface area contributed by atoms with Crippen LogP contribution in [0.5, 0.6) is 0 Å². The van der Waals surface area contributed by atoms with E-state index in [0.29, 0.717) is 24.2 Å². The normalized spacial score (nSPS) is 13.9. The summed E-state index contributed by atoms with van der Waals surface area (Å²) in [5, 5.41) is 2.88. The second kappa shape index (κ2) is 8.78. The molecular weight excluding hydrogens is 378 g/mol. The Hall–Kier alpha value is -3.67. The average Bonchev–Trinajstić information content (AvgIpc) is 2.77. The molecule has 0 unspecified atom stereocenters. The first kappa shape index (κ1) is 19.6. The van der Waals surface area contributed by atoms with E-state index in [-0.39, 0.29) is 17.4 Å². The highest BCUT2D eigenvalue weighted by Gasteiger charge is 2.19. The van der Waals surface area contributed by atoms with Gasteiger partial charge in [-0.25, -0.2) is 0 Å². The maximum Gasteiger partial charge on any atom is 0.255 e. The number of piperidine rings is 1. The molecule has 1 N–H and O–H groups in total. The van der Waals surface area contributed by atoms with Crippen molar-refractivity contribution in [2.75, 3.05) is 16.8 Å². The van der Waals surface area contributed by atoms with Gasteiger partial charge in [0.15, 0.2) is 0 Å². The first-order valence-corrected chi connectivity index (χ1v) is 10.1. The largest absolute Gasteiger partial charge is 0.322 e. The van der Waals surface area contributed by atoms with Crippen LogP contribution in [-0.4, -0.2) is 22.9 Å². The van der Waals surface area contributed by atoms with Crippen LogP contribution in [0.4, 0.5) is 11.4 Å². The lowest BCUT2D eigenvalue weighted by Crippen LogP contribution is -2.35. The van der Waals surface area contributed by atoms with Crippen molar-refractivity contribution in [1.82, 2.24) is 4.57 Å². The van der Waals surface area contributed by atoms with Gasteiger partial charge in [0.05, 0.1) is 6.54 Å². The summed E-state index contributed by atoms with van der Waals surface area (Å²) in [6.45, 7) is 1.20. The fourth-order valence-corrected chi connectivity index (χ4v) is 3.56. The van der Waals surface area contributed by atoms with Crippen molar-refractivity contribution in [2.45, 2.75) is 25.8 Å². The number of pyridine rings is 1. The summed E-state index contributed by atoms with van der Waals surface area (Å²) >= 11 is 0. The number of carbonyl (C=O) groups is 2. The molecule has 0 atom stereocenters. The topological polar surface area (TPSA) is 71.4 Å². The monoisotopic (exact) mass is 401 g/mol. The molecule has 2 aromatic carbocycles. The number of carbonyl (C=O) groups excluding carboxylic acids is 2. The van der Waals surface area contributed by atoms with Gasteiger partial charge in [0.25, 0.3) is 11.5 Å². The Morgan fingerprint density at radius 2 is 1.67 bits per heavy atom. The van der Waals surface area contributed by atoms with Gasteiger partial charge in [-0.15, -0.1) is 0 Å². The number of benzene rings is 2. The molecule has 2 amide bonds. The summed E-state index contributed by atoms with van der Waals surface area (Å²) in [7, 11) is 0. The van der Waals surface area contributed by atoms with Crippen molar-refractivity contribution in [3.05, 3.63) is 94.4 Å². The van der Waals surface area contributed by atoms with Crippen LogP contribution in [-0.2, 0) is 11.3 Å². The van der Waals surface area contributed by atoms with E-state index in [9.17, 15) is 14.4 Å². The van der Waals surface area contributed by atoms with E-state index in [4.69, 9.17) is 0 Å². The molecule has 30 heavy (non-hydrogen) atoms. The molecule has 0 bridgehead atoms. The number of nitrogens with zero attached hydrogens (tertiary/aromatic N) is 2. The molecule has 0 aliphatic carbocycles. The minimum atomic E-state index is -0.210. The van der Waals surface area contributed by atoms with Crippen LogP contribution in [0.25, 0.3) is 0 Å². The van der Waals surface area contributed by atoms with Gasteiger partial charge in [-0.3, -0.25) is 14.4 Å². The zero-order valence-corrected chi connectivity index (χ0v) is 16.6. The zero-order chi connectivity index (χ0) is 20.9. The average molecular weight is 401 g/mol. The summed E-state index contributed by atoms with van der Waals surface area (Å²) in [5.74, 6) is -0.0742. The fraction of sp³-hybridized carbons (Fsp3) is 0.208. The van der Waals surface area contributed by atoms with E-state index in [1.807, 2.05) is 42.5 Å². The molecule has 1 saturated heterocycles. The number of aromatic nitrogens is 1. The van der Waals surface area contributed by atoms with E-state index < -0.39 is 0 Å². The number of hydrogen-bond donors (Lipinski definition) is 1. The van der Waals surface area contributed by atoms with E-state index in [1.165, 1.54) is 6.07 Å². The smallest absolute Gasteiger partial charge is 0.255 e. The molecule has 0 saturated carbocycles. The number of hydrogen-bond acceptors (Lipinski definition) is 3. The number of anilines is 2. The Kier molecular flexibility index (Phi) is 5.75. The van der Waals surface area contributed by atoms with Gasteiger partial charge in [0.2, 0.25) is 5.91 Å². The summed E-state index contributed by atoms with van der Waals surface area (Å²) in [6, 6.07) is 19.6. The molecule has 2 heterocycles. The summed E-state index contributed by atoms with van der Waals surface area (Å²) in [6.07, 6.45) is 4.27. The Bertz CT molecular complexity index is 1100. The van der Waals surface area contributed by atoms with Crippen molar-refractivity contribution in [1.29, 1.82) is 0 Å². The highest BCUT2D eigenvalue weighted by atomic mass is 16.2. The highest BCUT2D eigenvalue weighted by Crippen LogP contribution is 2.21. The predicted molar refractivity (Wildman–Crippen MR) is 117 cm³/mol. The van der Waals surface area contributed by atoms with Crippen LogP contribution in [0.2, 0.25) is 0 Å². The Morgan fingerprint density at radius 3 is 2.37 bits per heavy atom. The summed E-state index contributed by atoms with van der Waals surface area (Å²) < 4.78 is 1.63. The quantitative estimate of drug-likeness (QED) is 0.709. The maximum absolute atomic E-state index is 12.5. The molecule has 6 nitrogen and oxygen atoms in total. The molecule has 0 radical (unpaired) electrons. The van der Waals surface area contributed by atoms with E-state index in [1.54, 1.807) is 33.9 Å². The van der Waals surface area contributed by atoms with Gasteiger partial charge in [0.1, 0.15) is 0 Å². The SMILES string of the molecule is O=C(Nc1ccc(Cn2ccccc2=O)cc1)c1ccc(N2CCCCC2=O)cc1. The van der Waals surface area contributed by atoms with E-state index >= 15 is 0 Å². The van der Waals surface area contributed by atoms with Gasteiger partial charge >= 0.3 is 0 Å². The maximum atomic E-state index is 12.5. The van der Waals surface area contributed by atoms with Gasteiger partial charge in [-0.1, -0.05) is 18.2 Å². The Balaban J connectivity index is 1.39. The van der Waals surface area contributed by atoms with Crippen LogP contribution < -0.4 is 15.8 Å². The zero-order valence-electron chi connectivity index (χ0n) is 16.6. The third kappa shape index (κ3) is 4.49. The molecule has 1 aliphatic rings. The second-order valence-electron chi connectivity index (χ2n) is 7.37. The predicted octanol–water partition coefficient (Wildman–Crippen LogP) is 3.67. The highest BCUT2D eigenvalue weighted by molar-refractivity contribution is 6.04. The fourth-order valence-electron chi connectivity index (χ4n) is 3.56. The third-order valence-electron chi connectivity index (χ3n) is 5.23. The molecule has 1 aromatic heterocycles. The number of rotatable bonds is 5. The number of amides is 2. The minimum absolute atomic E-state index is 0.0513. The molecule has 4 rings (SSSR count). The first-order valence-electron chi connectivity index (χ1n) is 10.1. The lowest BCUT2D eigenvalue weighted by atomic mass is 10.1. The van der Waals surface area contributed by atoms with Crippen molar-refractivity contribution in [3.8, 4) is 0 Å². The van der Waals surface area contributed by atoms with E-state index in [2.05, 4.69) is 5.32 Å². The van der Waals surface area contributed by atoms with E-state index in [0.717, 1.165) is 30.6 Å². The van der Waals surface area contributed by atoms with Gasteiger partial charge < -0.3 is 14.8 Å². The van der Waals surface area contributed by atoms with Gasteiger partial charge in [-0.05, 0) is 60.9 Å². The molecule has 1 fully saturated rings. The molecule has 1 aliphatic heterocycles. The van der Waals surface area contributed by atoms with Gasteiger partial charge in [0, 0.05) is 42.2 Å². The molecule has 3 aromatic rings. The number of nitrogens with one attached hydrogen (secondary N) is 1. The molecular formula is C24H23N3O3. The second-order valence-corrected chi connectivity index (χ2v) is 7.37. The van der Waals surface area contributed by atoms with Crippen molar-refractivity contribution in [2.24, 2.45) is 0 Å². The third-order valence-corrected chi connectivity index (χ3v) is 5.23. The molecule has 152 valence electrons. The summed E-state index contributed by atoms with van der Waals surface area (Å²) in [5.41, 5.74) is 2.96. The standard InChI is InChI=1S/C24H23N3O3/c28-22-5-1-3-15-26(22)17-18-7-11-20(12-8-18)25-24(30)19-9-13-21(14-10-19)27-16-4-2-6-23(27)29/h1,3,5,7-15H,2,4,6,16-17H2,(H,25,30). The first-order chi connectivity index (χ1) is 14.6. The van der Waals surface area contributed by atoms with Crippen LogP contribution in [0.3, 0.4) is 0 Å². The van der Waals surface area contributed by atoms with Crippen molar-refractivity contribution >= 4 is 23.2 Å². The molecule has 0 spiro atoms. The van der Waals surface area contributed by atoms with Crippen LogP contribution in [0.15, 0.2) is 77.7 Å². The summed E-state index contributed by atoms with van der Waals surface area (Å²) in [4.78, 5) is 38.2. The minimum Gasteiger partial charge on any atom is -0.322 e. The van der Waals surface area contributed by atoms with Crippen LogP contribution in [0.1, 0.15) is 35.2 Å². The van der Waals surface area contributed by atoms with Crippen molar-refractivity contribution < 1.29 is 9.59 Å². The van der Waals surface area contributed by atoms with Crippen molar-refractivity contribution in [3.63, 3.8) is 0 Å². The Morgan fingerprint density at radius 1 is 0.900 bits per heavy atom. The van der Waals surface area contributed by atoms with Gasteiger partial charge in [-0.2, -0.15) is 0 Å². The lowest BCUT2D eigenvalue weighted by Gasteiger charge is -2.26. The van der Waals surface area contributed by atoms with Crippen LogP contribution in [0, 0.1) is 0 Å².